The van der Waals surface area contributed by atoms with Crippen LogP contribution in [0.15, 0.2) is 24.3 Å². The number of likely N-dealkylation sites (tertiary alicyclic amines) is 1. The topological polar surface area (TPSA) is 82.0 Å². The Morgan fingerprint density at radius 2 is 2.09 bits per heavy atom. The van der Waals surface area contributed by atoms with E-state index in [0.717, 1.165) is 24.9 Å². The summed E-state index contributed by atoms with van der Waals surface area (Å²) in [7, 11) is 1.56. The maximum absolute atomic E-state index is 13.2. The summed E-state index contributed by atoms with van der Waals surface area (Å²) >= 11 is 6.25. The molecule has 2 aliphatic heterocycles. The first kappa shape index (κ1) is 23.4. The van der Waals surface area contributed by atoms with Gasteiger partial charge in [0.05, 0.1) is 37.1 Å². The lowest BCUT2D eigenvalue weighted by atomic mass is 10.0. The van der Waals surface area contributed by atoms with Gasteiger partial charge < -0.3 is 29.0 Å². The number of hydrogen-bond acceptors (Lipinski definition) is 5. The SMILES string of the molecule is CC[C@@H](NC(=O)Oc1cc(C(=O)N2CCC[C@@H]2C)n2c1COCC2)c1ccc(OC)c(Cl)c1. The number of fused-ring (bicyclic) bond motifs is 1. The van der Waals surface area contributed by atoms with Crippen molar-refractivity contribution in [1.82, 2.24) is 14.8 Å². The molecule has 1 saturated heterocycles. The minimum Gasteiger partial charge on any atom is -0.495 e. The third-order valence-corrected chi connectivity index (χ3v) is 6.68. The van der Waals surface area contributed by atoms with E-state index in [1.165, 1.54) is 0 Å². The van der Waals surface area contributed by atoms with Crippen molar-refractivity contribution in [2.75, 3.05) is 20.3 Å². The zero-order chi connectivity index (χ0) is 23.5. The number of ether oxygens (including phenoxy) is 3. The third kappa shape index (κ3) is 4.82. The predicted octanol–water partition coefficient (Wildman–Crippen LogP) is 4.54. The van der Waals surface area contributed by atoms with E-state index in [4.69, 9.17) is 25.8 Å². The molecule has 33 heavy (non-hydrogen) atoms. The summed E-state index contributed by atoms with van der Waals surface area (Å²) in [6.07, 6.45) is 2.05. The highest BCUT2D eigenvalue weighted by Crippen LogP contribution is 2.31. The summed E-state index contributed by atoms with van der Waals surface area (Å²) in [5.74, 6) is 0.894. The molecule has 1 aromatic heterocycles. The molecule has 0 unspecified atom stereocenters. The van der Waals surface area contributed by atoms with Crippen molar-refractivity contribution in [3.63, 3.8) is 0 Å². The van der Waals surface area contributed by atoms with Gasteiger partial charge in [-0.05, 0) is 43.9 Å². The van der Waals surface area contributed by atoms with Crippen LogP contribution in [0.1, 0.15) is 60.9 Å². The average Bonchev–Trinajstić information content (AvgIpc) is 3.41. The Morgan fingerprint density at radius 3 is 2.76 bits per heavy atom. The molecule has 4 rings (SSSR count). The molecule has 2 aromatic rings. The van der Waals surface area contributed by atoms with E-state index in [1.54, 1.807) is 25.3 Å². The van der Waals surface area contributed by atoms with Crippen LogP contribution < -0.4 is 14.8 Å². The maximum Gasteiger partial charge on any atom is 0.413 e. The van der Waals surface area contributed by atoms with Crippen molar-refractivity contribution in [3.8, 4) is 11.5 Å². The quantitative estimate of drug-likeness (QED) is 0.663. The van der Waals surface area contributed by atoms with Gasteiger partial charge in [0, 0.05) is 25.2 Å². The normalized spacial score (nSPS) is 18.5. The van der Waals surface area contributed by atoms with Crippen LogP contribution in [0, 0.1) is 0 Å². The first-order chi connectivity index (χ1) is 15.9. The van der Waals surface area contributed by atoms with Gasteiger partial charge in [-0.3, -0.25) is 4.79 Å². The second kappa shape index (κ2) is 10.1. The van der Waals surface area contributed by atoms with Crippen LogP contribution in [-0.2, 0) is 17.9 Å². The summed E-state index contributed by atoms with van der Waals surface area (Å²) in [6.45, 7) is 6.12. The van der Waals surface area contributed by atoms with Gasteiger partial charge in [0.25, 0.3) is 5.91 Å². The lowest BCUT2D eigenvalue weighted by Gasteiger charge is -2.24. The van der Waals surface area contributed by atoms with Crippen LogP contribution in [0.25, 0.3) is 0 Å². The van der Waals surface area contributed by atoms with Crippen LogP contribution in [0.3, 0.4) is 0 Å². The molecule has 1 aromatic carbocycles. The van der Waals surface area contributed by atoms with Gasteiger partial charge in [-0.15, -0.1) is 0 Å². The fourth-order valence-electron chi connectivity index (χ4n) is 4.53. The van der Waals surface area contributed by atoms with Gasteiger partial charge in [0.15, 0.2) is 5.75 Å². The number of carbonyl (C=O) groups excluding carboxylic acids is 2. The highest BCUT2D eigenvalue weighted by atomic mass is 35.5. The van der Waals surface area contributed by atoms with E-state index in [0.29, 0.717) is 47.5 Å². The maximum atomic E-state index is 13.2. The van der Waals surface area contributed by atoms with E-state index in [1.807, 2.05) is 22.5 Å². The third-order valence-electron chi connectivity index (χ3n) is 6.38. The van der Waals surface area contributed by atoms with Crippen LogP contribution in [0.4, 0.5) is 4.79 Å². The second-order valence-electron chi connectivity index (χ2n) is 8.42. The predicted molar refractivity (Wildman–Crippen MR) is 124 cm³/mol. The summed E-state index contributed by atoms with van der Waals surface area (Å²) in [6, 6.07) is 6.99. The fraction of sp³-hybridized carbons (Fsp3) is 0.500. The van der Waals surface area contributed by atoms with Crippen molar-refractivity contribution in [3.05, 3.63) is 46.2 Å². The van der Waals surface area contributed by atoms with Gasteiger partial charge in [-0.1, -0.05) is 24.6 Å². The smallest absolute Gasteiger partial charge is 0.413 e. The second-order valence-corrected chi connectivity index (χ2v) is 8.83. The Hall–Kier alpha value is -2.71. The standard InChI is InChI=1S/C24H30ClN3O5/c1-4-18(16-7-8-21(31-3)17(25)12-16)26-24(30)33-22-13-19(28-10-11-32-14-20(22)28)23(29)27-9-5-6-15(27)2/h7-8,12-13,15,18H,4-6,9-11,14H2,1-3H3,(H,26,30)/t15-,18+/m0/s1. The summed E-state index contributed by atoms with van der Waals surface area (Å²) < 4.78 is 18.4. The number of aromatic nitrogens is 1. The summed E-state index contributed by atoms with van der Waals surface area (Å²) in [5, 5.41) is 3.37. The minimum absolute atomic E-state index is 0.0299. The van der Waals surface area contributed by atoms with Crippen molar-refractivity contribution < 1.29 is 23.8 Å². The van der Waals surface area contributed by atoms with E-state index >= 15 is 0 Å². The molecule has 0 spiro atoms. The molecule has 9 heteroatoms. The number of benzene rings is 1. The average molecular weight is 476 g/mol. The Balaban J connectivity index is 1.52. The number of amides is 2. The Labute approximate surface area is 198 Å². The molecule has 2 atom stereocenters. The van der Waals surface area contributed by atoms with Crippen LogP contribution in [-0.4, -0.2) is 47.8 Å². The summed E-state index contributed by atoms with van der Waals surface area (Å²) in [4.78, 5) is 27.9. The van der Waals surface area contributed by atoms with Crippen LogP contribution >= 0.6 is 11.6 Å². The lowest BCUT2D eigenvalue weighted by Crippen LogP contribution is -2.35. The zero-order valence-corrected chi connectivity index (χ0v) is 20.0. The molecule has 2 aliphatic rings. The highest BCUT2D eigenvalue weighted by Gasteiger charge is 2.32. The van der Waals surface area contributed by atoms with Crippen LogP contribution in [0.5, 0.6) is 11.5 Å². The number of methoxy groups -OCH3 is 1. The van der Waals surface area contributed by atoms with E-state index < -0.39 is 6.09 Å². The molecule has 3 heterocycles. The van der Waals surface area contributed by atoms with E-state index in [2.05, 4.69) is 12.2 Å². The molecular weight excluding hydrogens is 446 g/mol. The Kier molecular flexibility index (Phi) is 7.14. The van der Waals surface area contributed by atoms with E-state index in [9.17, 15) is 9.59 Å². The molecule has 0 radical (unpaired) electrons. The molecule has 1 fully saturated rings. The molecule has 0 saturated carbocycles. The largest absolute Gasteiger partial charge is 0.495 e. The number of nitrogens with one attached hydrogen (secondary N) is 1. The van der Waals surface area contributed by atoms with Crippen molar-refractivity contribution in [2.24, 2.45) is 0 Å². The first-order valence-electron chi connectivity index (χ1n) is 11.4. The van der Waals surface area contributed by atoms with E-state index in [-0.39, 0.29) is 24.6 Å². The van der Waals surface area contributed by atoms with Crippen LogP contribution in [0.2, 0.25) is 5.02 Å². The number of rotatable bonds is 6. The molecule has 0 bridgehead atoms. The molecule has 0 aliphatic carbocycles. The van der Waals surface area contributed by atoms with Crippen molar-refractivity contribution in [1.29, 1.82) is 0 Å². The van der Waals surface area contributed by atoms with Gasteiger partial charge in [0.2, 0.25) is 0 Å². The monoisotopic (exact) mass is 475 g/mol. The lowest BCUT2D eigenvalue weighted by molar-refractivity contribution is 0.0686. The molecular formula is C24H30ClN3O5. The summed E-state index contributed by atoms with van der Waals surface area (Å²) in [5.41, 5.74) is 2.09. The number of nitrogens with zero attached hydrogens (tertiary/aromatic N) is 2. The number of halogens is 1. The number of carbonyl (C=O) groups is 2. The Bertz CT molecular complexity index is 1040. The highest BCUT2D eigenvalue weighted by molar-refractivity contribution is 6.32. The van der Waals surface area contributed by atoms with Gasteiger partial charge in [-0.2, -0.15) is 0 Å². The minimum atomic E-state index is -0.596. The Morgan fingerprint density at radius 1 is 1.27 bits per heavy atom. The van der Waals surface area contributed by atoms with Crippen molar-refractivity contribution >= 4 is 23.6 Å². The first-order valence-corrected chi connectivity index (χ1v) is 11.7. The van der Waals surface area contributed by atoms with Crippen molar-refractivity contribution in [2.45, 2.75) is 58.3 Å². The van der Waals surface area contributed by atoms with Gasteiger partial charge in [0.1, 0.15) is 11.4 Å². The number of hydrogen-bond donors (Lipinski definition) is 1. The molecule has 1 N–H and O–H groups in total. The molecule has 178 valence electrons. The van der Waals surface area contributed by atoms with Gasteiger partial charge in [-0.25, -0.2) is 4.79 Å². The van der Waals surface area contributed by atoms with Gasteiger partial charge >= 0.3 is 6.09 Å². The molecule has 2 amide bonds. The zero-order valence-electron chi connectivity index (χ0n) is 19.2. The molecule has 8 nitrogen and oxygen atoms in total. The fourth-order valence-corrected chi connectivity index (χ4v) is 4.80.